The number of amidine groups is 1. The number of hydrogen-bond acceptors (Lipinski definition) is 6. The summed E-state index contributed by atoms with van der Waals surface area (Å²) in [4.78, 5) is 18.6. The molecule has 1 aromatic carbocycles. The molecule has 0 spiro atoms. The first-order valence-electron chi connectivity index (χ1n) is 8.10. The molecular weight excluding hydrogens is 350 g/mol. The number of carbonyl (C=O) groups is 1. The van der Waals surface area contributed by atoms with Gasteiger partial charge in [0, 0.05) is 19.7 Å². The highest BCUT2D eigenvalue weighted by Crippen LogP contribution is 2.37. The highest BCUT2D eigenvalue weighted by atomic mass is 32.2. The standard InChI is InChI=1S/C19H21N3O3S/c1-5-7-14-10-13(11-15(24-6-2)17(14)25-9-8-20)12-16-18(23)22(4)19(21-3)26-16/h5,10-12H,1,6-7,9H2,2-4H3/b16-12-,21-19?. The van der Waals surface area contributed by atoms with E-state index in [1.807, 2.05) is 31.2 Å². The van der Waals surface area contributed by atoms with Gasteiger partial charge < -0.3 is 9.47 Å². The molecule has 1 amide bonds. The summed E-state index contributed by atoms with van der Waals surface area (Å²) in [6, 6.07) is 5.69. The Hall–Kier alpha value is -2.72. The summed E-state index contributed by atoms with van der Waals surface area (Å²) >= 11 is 1.33. The number of aliphatic imine (C=N–C) groups is 1. The number of ether oxygens (including phenoxy) is 2. The number of thioether (sulfide) groups is 1. The predicted molar refractivity (Wildman–Crippen MR) is 104 cm³/mol. The first kappa shape index (κ1) is 19.6. The molecule has 0 radical (unpaired) electrons. The minimum Gasteiger partial charge on any atom is -0.490 e. The van der Waals surface area contributed by atoms with Crippen molar-refractivity contribution in [2.24, 2.45) is 4.99 Å². The second-order valence-electron chi connectivity index (χ2n) is 5.36. The van der Waals surface area contributed by atoms with Crippen molar-refractivity contribution in [1.82, 2.24) is 4.90 Å². The molecule has 0 N–H and O–H groups in total. The SMILES string of the molecule is C=CCc1cc(/C=C2\SC(=NC)N(C)C2=O)cc(OCC)c1OCC#N. The van der Waals surface area contributed by atoms with Crippen LogP contribution in [0.4, 0.5) is 0 Å². The fourth-order valence-corrected chi connectivity index (χ4v) is 3.43. The van der Waals surface area contributed by atoms with Gasteiger partial charge in [0.1, 0.15) is 6.07 Å². The molecule has 7 heteroatoms. The number of likely N-dealkylation sites (N-methyl/N-ethyl adjacent to an activating group) is 1. The average Bonchev–Trinajstić information content (AvgIpc) is 2.89. The van der Waals surface area contributed by atoms with Crippen LogP contribution in [0.1, 0.15) is 18.1 Å². The lowest BCUT2D eigenvalue weighted by molar-refractivity contribution is -0.121. The van der Waals surface area contributed by atoms with Gasteiger partial charge in [0.25, 0.3) is 5.91 Å². The Balaban J connectivity index is 2.49. The molecule has 1 fully saturated rings. The summed E-state index contributed by atoms with van der Waals surface area (Å²) in [7, 11) is 3.36. The molecule has 0 unspecified atom stereocenters. The maximum atomic E-state index is 12.4. The number of amides is 1. The van der Waals surface area contributed by atoms with Crippen molar-refractivity contribution in [3.05, 3.63) is 40.8 Å². The van der Waals surface area contributed by atoms with E-state index in [2.05, 4.69) is 11.6 Å². The summed E-state index contributed by atoms with van der Waals surface area (Å²) in [5.74, 6) is 0.986. The van der Waals surface area contributed by atoms with Gasteiger partial charge in [0.2, 0.25) is 0 Å². The predicted octanol–water partition coefficient (Wildman–Crippen LogP) is 3.25. The first-order valence-corrected chi connectivity index (χ1v) is 8.92. The van der Waals surface area contributed by atoms with E-state index in [-0.39, 0.29) is 12.5 Å². The molecular formula is C19H21N3O3S. The highest BCUT2D eigenvalue weighted by Gasteiger charge is 2.29. The summed E-state index contributed by atoms with van der Waals surface area (Å²) < 4.78 is 11.3. The van der Waals surface area contributed by atoms with Crippen LogP contribution < -0.4 is 9.47 Å². The molecule has 136 valence electrons. The third kappa shape index (κ3) is 4.27. The van der Waals surface area contributed by atoms with Crippen LogP contribution in [0.3, 0.4) is 0 Å². The molecule has 1 aliphatic heterocycles. The van der Waals surface area contributed by atoms with E-state index in [1.54, 1.807) is 20.2 Å². The van der Waals surface area contributed by atoms with E-state index in [0.717, 1.165) is 11.1 Å². The van der Waals surface area contributed by atoms with Gasteiger partial charge in [0.05, 0.1) is 11.5 Å². The Bertz CT molecular complexity index is 809. The van der Waals surface area contributed by atoms with Crippen molar-refractivity contribution < 1.29 is 14.3 Å². The number of hydrogen-bond donors (Lipinski definition) is 0. The Morgan fingerprint density at radius 3 is 2.77 bits per heavy atom. The highest BCUT2D eigenvalue weighted by molar-refractivity contribution is 8.18. The van der Waals surface area contributed by atoms with Crippen LogP contribution in [0.15, 0.2) is 34.7 Å². The second-order valence-corrected chi connectivity index (χ2v) is 6.37. The first-order chi connectivity index (χ1) is 12.5. The molecule has 0 aromatic heterocycles. The maximum absolute atomic E-state index is 12.4. The molecule has 1 aromatic rings. The second kappa shape index (κ2) is 9.11. The van der Waals surface area contributed by atoms with Gasteiger partial charge in [-0.3, -0.25) is 14.7 Å². The number of nitriles is 1. The van der Waals surface area contributed by atoms with Gasteiger partial charge in [-0.2, -0.15) is 5.26 Å². The van der Waals surface area contributed by atoms with E-state index >= 15 is 0 Å². The quantitative estimate of drug-likeness (QED) is 0.543. The smallest absolute Gasteiger partial charge is 0.266 e. The van der Waals surface area contributed by atoms with E-state index in [4.69, 9.17) is 14.7 Å². The van der Waals surface area contributed by atoms with Crippen molar-refractivity contribution in [3.8, 4) is 17.6 Å². The van der Waals surface area contributed by atoms with Crippen LogP contribution >= 0.6 is 11.8 Å². The monoisotopic (exact) mass is 371 g/mol. The lowest BCUT2D eigenvalue weighted by atomic mass is 10.0. The van der Waals surface area contributed by atoms with Gasteiger partial charge >= 0.3 is 0 Å². The topological polar surface area (TPSA) is 74.9 Å². The zero-order valence-corrected chi connectivity index (χ0v) is 15.9. The number of rotatable bonds is 7. The fraction of sp³-hybridized carbons (Fsp3) is 0.316. The zero-order valence-electron chi connectivity index (χ0n) is 15.1. The molecule has 2 rings (SSSR count). The Morgan fingerprint density at radius 2 is 2.19 bits per heavy atom. The molecule has 6 nitrogen and oxygen atoms in total. The van der Waals surface area contributed by atoms with Crippen LogP contribution in [0.5, 0.6) is 11.5 Å². The van der Waals surface area contributed by atoms with E-state index in [9.17, 15) is 4.79 Å². The van der Waals surface area contributed by atoms with Crippen LogP contribution in [0, 0.1) is 11.3 Å². The molecule has 0 atom stereocenters. The minimum absolute atomic E-state index is 0.0693. The van der Waals surface area contributed by atoms with Gasteiger partial charge in [-0.05, 0) is 48.9 Å². The zero-order chi connectivity index (χ0) is 19.1. The van der Waals surface area contributed by atoms with E-state index in [0.29, 0.717) is 34.6 Å². The Labute approximate surface area is 157 Å². The van der Waals surface area contributed by atoms with E-state index in [1.165, 1.54) is 16.7 Å². The van der Waals surface area contributed by atoms with Crippen molar-refractivity contribution in [2.45, 2.75) is 13.3 Å². The Morgan fingerprint density at radius 1 is 1.42 bits per heavy atom. The van der Waals surface area contributed by atoms with Crippen molar-refractivity contribution in [1.29, 1.82) is 5.26 Å². The lowest BCUT2D eigenvalue weighted by Crippen LogP contribution is -2.23. The minimum atomic E-state index is -0.0939. The summed E-state index contributed by atoms with van der Waals surface area (Å²) in [5, 5.41) is 9.47. The molecule has 1 saturated heterocycles. The van der Waals surface area contributed by atoms with Crippen molar-refractivity contribution >= 4 is 28.9 Å². The third-order valence-corrected chi connectivity index (χ3v) is 4.74. The lowest BCUT2D eigenvalue weighted by Gasteiger charge is -2.15. The molecule has 26 heavy (non-hydrogen) atoms. The van der Waals surface area contributed by atoms with Gasteiger partial charge in [0.15, 0.2) is 23.3 Å². The van der Waals surface area contributed by atoms with Crippen LogP contribution in [0.2, 0.25) is 0 Å². The van der Waals surface area contributed by atoms with Crippen molar-refractivity contribution in [2.75, 3.05) is 27.3 Å². The van der Waals surface area contributed by atoms with Gasteiger partial charge in [-0.15, -0.1) is 6.58 Å². The third-order valence-electron chi connectivity index (χ3n) is 3.59. The van der Waals surface area contributed by atoms with Crippen molar-refractivity contribution in [3.63, 3.8) is 0 Å². The normalized spacial score (nSPS) is 16.8. The number of nitrogens with zero attached hydrogens (tertiary/aromatic N) is 3. The molecule has 0 saturated carbocycles. The molecule has 0 aliphatic carbocycles. The number of benzene rings is 1. The number of allylic oxidation sites excluding steroid dienone is 1. The molecule has 0 bridgehead atoms. The molecule has 1 heterocycles. The fourth-order valence-electron chi connectivity index (χ4n) is 2.51. The van der Waals surface area contributed by atoms with Crippen LogP contribution in [0.25, 0.3) is 6.08 Å². The summed E-state index contributed by atoms with van der Waals surface area (Å²) in [6.07, 6.45) is 4.12. The largest absolute Gasteiger partial charge is 0.490 e. The average molecular weight is 371 g/mol. The Kier molecular flexibility index (Phi) is 6.87. The summed E-state index contributed by atoms with van der Waals surface area (Å²) in [6.45, 7) is 6.04. The van der Waals surface area contributed by atoms with Gasteiger partial charge in [-0.25, -0.2) is 0 Å². The van der Waals surface area contributed by atoms with Crippen LogP contribution in [-0.4, -0.2) is 43.3 Å². The molecule has 1 aliphatic rings. The maximum Gasteiger partial charge on any atom is 0.266 e. The number of carbonyl (C=O) groups excluding carboxylic acids is 1. The van der Waals surface area contributed by atoms with E-state index < -0.39 is 0 Å². The summed E-state index contributed by atoms with van der Waals surface area (Å²) in [5.41, 5.74) is 1.66. The van der Waals surface area contributed by atoms with Gasteiger partial charge in [-0.1, -0.05) is 6.08 Å². The van der Waals surface area contributed by atoms with Crippen LogP contribution in [-0.2, 0) is 11.2 Å².